The van der Waals surface area contributed by atoms with Crippen LogP contribution >= 0.6 is 22.7 Å². The van der Waals surface area contributed by atoms with Crippen LogP contribution in [0, 0.1) is 34.6 Å². The smallest absolute Gasteiger partial charge is 0.148 e. The van der Waals surface area contributed by atoms with Crippen LogP contribution in [0.15, 0.2) is 290 Å². The number of methoxy groups -OCH3 is 3. The molecule has 3 heterocycles. The van der Waals surface area contributed by atoms with E-state index in [0.717, 1.165) is 151 Å². The number of aryl methyl sites for hydroxylation is 5. The molecular formula is C90H72N4O4S2. The molecule has 0 saturated carbocycles. The van der Waals surface area contributed by atoms with Crippen molar-refractivity contribution in [3.63, 3.8) is 0 Å². The fourth-order valence-corrected chi connectivity index (χ4v) is 17.3. The lowest BCUT2D eigenvalue weighted by molar-refractivity contribution is -0.0736. The molecule has 3 aliphatic rings. The van der Waals surface area contributed by atoms with Crippen LogP contribution in [0.2, 0.25) is 0 Å². The summed E-state index contributed by atoms with van der Waals surface area (Å²) in [5.74, 6) is 2.35. The van der Waals surface area contributed by atoms with Crippen molar-refractivity contribution in [3.8, 4) is 49.3 Å². The molecule has 2 spiro atoms. The highest BCUT2D eigenvalue weighted by molar-refractivity contribution is 7.20. The van der Waals surface area contributed by atoms with Crippen molar-refractivity contribution < 1.29 is 18.9 Å². The first-order valence-corrected chi connectivity index (χ1v) is 35.6. The van der Waals surface area contributed by atoms with Gasteiger partial charge in [0.15, 0.2) is 0 Å². The molecule has 12 aromatic carbocycles. The van der Waals surface area contributed by atoms with E-state index in [0.29, 0.717) is 0 Å². The monoisotopic (exact) mass is 1340 g/mol. The van der Waals surface area contributed by atoms with E-state index < -0.39 is 11.2 Å². The van der Waals surface area contributed by atoms with E-state index in [1.807, 2.05) is 36.4 Å². The Bertz CT molecular complexity index is 5210. The van der Waals surface area contributed by atoms with Crippen molar-refractivity contribution in [2.45, 2.75) is 45.8 Å². The third kappa shape index (κ3) is 10.3. The molecule has 0 radical (unpaired) electrons. The maximum atomic E-state index is 9.43. The van der Waals surface area contributed by atoms with E-state index in [9.17, 15) is 4.74 Å². The number of rotatable bonds is 15. The zero-order valence-corrected chi connectivity index (χ0v) is 58.6. The number of fused-ring (bicyclic) bond motifs is 15. The minimum Gasteiger partial charge on any atom is -0.497 e. The highest BCUT2D eigenvalue weighted by Crippen LogP contribution is 2.68. The average molecular weight is 1340 g/mol. The Hall–Kier alpha value is -11.4. The van der Waals surface area contributed by atoms with Crippen LogP contribution in [0.25, 0.3) is 32.0 Å². The summed E-state index contributed by atoms with van der Waals surface area (Å²) in [7, 11) is 5.16. The fraction of sp³-hybridized carbons (Fsp3) is 0.111. The lowest BCUT2D eigenvalue weighted by Gasteiger charge is -2.42. The van der Waals surface area contributed by atoms with E-state index in [4.69, 9.17) is 14.2 Å². The highest BCUT2D eigenvalue weighted by atomic mass is 32.1. The van der Waals surface area contributed by atoms with Crippen LogP contribution in [-0.4, -0.2) is 21.3 Å². The van der Waals surface area contributed by atoms with Crippen molar-refractivity contribution in [2.75, 3.05) is 40.9 Å². The van der Waals surface area contributed by atoms with Crippen molar-refractivity contribution >= 4 is 90.9 Å². The van der Waals surface area contributed by atoms with Gasteiger partial charge in [0.25, 0.3) is 0 Å². The molecule has 17 rings (SSSR count). The second-order valence-corrected chi connectivity index (χ2v) is 28.2. The lowest BCUT2D eigenvalue weighted by atomic mass is 9.81. The van der Waals surface area contributed by atoms with Crippen molar-refractivity contribution in [1.29, 1.82) is 0 Å². The summed E-state index contributed by atoms with van der Waals surface area (Å²) in [6, 6.07) is 102. The van der Waals surface area contributed by atoms with Gasteiger partial charge in [0.1, 0.15) is 28.5 Å². The summed E-state index contributed by atoms with van der Waals surface area (Å²) < 4.78 is 26.8. The minimum atomic E-state index is -1.33. The maximum absolute atomic E-state index is 9.43. The summed E-state index contributed by atoms with van der Waals surface area (Å²) in [6.45, 7) is 10.7. The zero-order valence-electron chi connectivity index (χ0n) is 57.0. The number of benzene rings is 12. The molecule has 0 fully saturated rings. The third-order valence-electron chi connectivity index (χ3n) is 20.2. The van der Waals surface area contributed by atoms with Gasteiger partial charge in [-0.15, -0.1) is 22.7 Å². The van der Waals surface area contributed by atoms with Crippen molar-refractivity contribution in [3.05, 3.63) is 351 Å². The van der Waals surface area contributed by atoms with Crippen molar-refractivity contribution in [1.82, 2.24) is 0 Å². The van der Waals surface area contributed by atoms with Crippen LogP contribution in [0.4, 0.5) is 68.2 Å². The van der Waals surface area contributed by atoms with E-state index in [2.05, 4.69) is 308 Å². The molecule has 100 heavy (non-hydrogen) atoms. The first kappa shape index (κ1) is 62.1. The zero-order chi connectivity index (χ0) is 68.0. The van der Waals surface area contributed by atoms with E-state index in [-0.39, 0.29) is 0 Å². The Balaban J connectivity index is 0.990. The van der Waals surface area contributed by atoms with Gasteiger partial charge in [-0.3, -0.25) is 0 Å². The van der Waals surface area contributed by atoms with E-state index >= 15 is 0 Å². The second-order valence-electron chi connectivity index (χ2n) is 26.3. The Morgan fingerprint density at radius 1 is 0.240 bits per heavy atom. The summed E-state index contributed by atoms with van der Waals surface area (Å²) >= 11 is 3.58. The van der Waals surface area contributed by atoms with Gasteiger partial charge in [0.05, 0.1) is 31.1 Å². The molecule has 1 aliphatic heterocycles. The number of hydrogen-bond acceptors (Lipinski definition) is 10. The maximum Gasteiger partial charge on any atom is 0.148 e. The molecule has 0 unspecified atom stereocenters. The minimum absolute atomic E-state index is 0.783. The molecular weight excluding hydrogens is 1270 g/mol. The quantitative estimate of drug-likeness (QED) is 0.101. The van der Waals surface area contributed by atoms with Gasteiger partial charge in [-0.2, -0.15) is 0 Å². The number of nitrogens with zero attached hydrogens (tertiary/aromatic N) is 4. The molecule has 0 bridgehead atoms. The number of hydrogen-bond donors (Lipinski definition) is 0. The van der Waals surface area contributed by atoms with Crippen LogP contribution < -0.4 is 33.8 Å². The van der Waals surface area contributed by atoms with Crippen LogP contribution in [0.5, 0.6) is 17.2 Å². The highest BCUT2D eigenvalue weighted by Gasteiger charge is 2.60. The molecule has 488 valence electrons. The SMILES string of the molecule is COc1ccc(N(c2ccc(C)cc2)c2ccc3c(c2)C2(O[C@@]4(c5cc(N(c6ccc(C)cc6)c6ccc(C)cc6)ccc5-c5ccc(N(c6ccc(C)cc6)c6ccc(OC)cc6)cc54)c4ccsc4-c4sccc42)c2cc(N(c4ccc(C)cc4)c4ccc(OC)cc4)ccc2-3)cc1. The lowest BCUT2D eigenvalue weighted by Crippen LogP contribution is -2.41. The fourth-order valence-electron chi connectivity index (χ4n) is 15.2. The predicted molar refractivity (Wildman–Crippen MR) is 414 cm³/mol. The molecule has 8 nitrogen and oxygen atoms in total. The first-order valence-electron chi connectivity index (χ1n) is 33.8. The molecule has 0 N–H and O–H groups in total. The summed E-state index contributed by atoms with van der Waals surface area (Å²) in [5, 5.41) is 4.55. The van der Waals surface area contributed by atoms with Crippen LogP contribution in [-0.2, 0) is 15.9 Å². The van der Waals surface area contributed by atoms with Gasteiger partial charge in [0, 0.05) is 102 Å². The van der Waals surface area contributed by atoms with Crippen LogP contribution in [0.3, 0.4) is 0 Å². The van der Waals surface area contributed by atoms with Crippen LogP contribution in [0.1, 0.15) is 61.2 Å². The van der Waals surface area contributed by atoms with E-state index in [1.54, 1.807) is 44.0 Å². The first-order chi connectivity index (χ1) is 48.9. The van der Waals surface area contributed by atoms with Gasteiger partial charge < -0.3 is 38.5 Å². The van der Waals surface area contributed by atoms with E-state index in [1.165, 1.54) is 27.8 Å². The van der Waals surface area contributed by atoms with Gasteiger partial charge in [-0.05, 0) is 262 Å². The molecule has 2 aliphatic carbocycles. The predicted octanol–water partition coefficient (Wildman–Crippen LogP) is 24.5. The molecule has 10 heteroatoms. The van der Waals surface area contributed by atoms with Crippen molar-refractivity contribution in [2.24, 2.45) is 0 Å². The molecule has 0 amide bonds. The summed E-state index contributed by atoms with van der Waals surface area (Å²) in [5.41, 5.74) is 26.0. The molecule has 14 aromatic rings. The molecule has 2 aromatic heterocycles. The largest absolute Gasteiger partial charge is 0.497 e. The Morgan fingerprint density at radius 3 is 0.650 bits per heavy atom. The van der Waals surface area contributed by atoms with Gasteiger partial charge in [-0.1, -0.05) is 113 Å². The Labute approximate surface area is 593 Å². The average Bonchev–Trinajstić information content (AvgIpc) is 1.50. The number of anilines is 12. The molecule has 1 atom stereocenters. The Kier molecular flexibility index (Phi) is 15.4. The standard InChI is InChI=1S/C90H72N4O4S2/c1-57-9-19-62(20-10-57)91(63-21-11-58(2)12-22-63)70-35-45-77-78-46-36-71(92(64-23-13-59(3)14-24-64)67-29-39-74(95-6)40-30-67)54-84(78)89(83(77)53-70)81-49-51-99-87(81)88-82(50-52-100-88)90(98-89)85-55-72(93(65-25-15-60(4)16-26-65)68-31-41-75(96-7)42-32-68)37-47-79(85)80-48-38-73(56-86(80)90)94(66-27-17-61(5)18-28-66)69-33-43-76(97-8)44-34-69/h9-56H,1-8H3/t89-/m1/s1. The third-order valence-corrected chi connectivity index (χ3v) is 22.2. The molecule has 0 saturated heterocycles. The van der Waals surface area contributed by atoms with Gasteiger partial charge >= 0.3 is 0 Å². The normalized spacial score (nSPS) is 14.1. The Morgan fingerprint density at radius 2 is 0.440 bits per heavy atom. The summed E-state index contributed by atoms with van der Waals surface area (Å²) in [4.78, 5) is 11.8. The number of thiophene rings is 2. The topological polar surface area (TPSA) is 49.9 Å². The van der Waals surface area contributed by atoms with Gasteiger partial charge in [-0.25, -0.2) is 0 Å². The second kappa shape index (κ2) is 24.8. The number of ether oxygens (including phenoxy) is 4. The summed E-state index contributed by atoms with van der Waals surface area (Å²) in [6.07, 6.45) is 0. The van der Waals surface area contributed by atoms with Gasteiger partial charge in [0.2, 0.25) is 0 Å².